The molecule has 0 unspecified atom stereocenters. The fraction of sp³-hybridized carbons (Fsp3) is 0.105. The number of carbonyl (C=O) groups is 2. The SMILES string of the molecule is COc1cccc2cc3c(c(-c4ccccc4)c12)COC3=O.COc1cccc2cc3c(c(-c4ccccc4)c12)COC3=O. The molecule has 216 valence electrons. The van der Waals surface area contributed by atoms with Gasteiger partial charge in [0.05, 0.1) is 25.3 Å². The van der Waals surface area contributed by atoms with Crippen LogP contribution in [0.5, 0.6) is 11.5 Å². The Balaban J connectivity index is 0.000000142. The van der Waals surface area contributed by atoms with E-state index < -0.39 is 0 Å². The summed E-state index contributed by atoms with van der Waals surface area (Å²) in [5.41, 5.74) is 7.35. The topological polar surface area (TPSA) is 71.1 Å². The van der Waals surface area contributed by atoms with E-state index in [0.29, 0.717) is 24.3 Å². The van der Waals surface area contributed by atoms with E-state index in [4.69, 9.17) is 18.9 Å². The molecule has 0 atom stereocenters. The molecular weight excluding hydrogens is 552 g/mol. The average molecular weight is 581 g/mol. The minimum Gasteiger partial charge on any atom is -0.496 e. The normalized spacial score (nSPS) is 13.0. The van der Waals surface area contributed by atoms with Gasteiger partial charge in [0.1, 0.15) is 24.7 Å². The Morgan fingerprint density at radius 1 is 0.523 bits per heavy atom. The lowest BCUT2D eigenvalue weighted by molar-refractivity contribution is 0.0526. The van der Waals surface area contributed by atoms with Gasteiger partial charge >= 0.3 is 11.9 Å². The fourth-order valence-electron chi connectivity index (χ4n) is 6.21. The molecule has 2 heterocycles. The maximum atomic E-state index is 12.0. The first-order valence-electron chi connectivity index (χ1n) is 14.3. The van der Waals surface area contributed by atoms with Crippen LogP contribution in [-0.2, 0) is 22.7 Å². The van der Waals surface area contributed by atoms with E-state index in [1.54, 1.807) is 14.2 Å². The summed E-state index contributed by atoms with van der Waals surface area (Å²) in [5, 5.41) is 4.01. The maximum absolute atomic E-state index is 12.0. The fourth-order valence-corrected chi connectivity index (χ4v) is 6.21. The second-order valence-corrected chi connectivity index (χ2v) is 10.6. The van der Waals surface area contributed by atoms with Crippen LogP contribution in [0.4, 0.5) is 0 Å². The minimum atomic E-state index is -0.253. The zero-order chi connectivity index (χ0) is 30.2. The lowest BCUT2D eigenvalue weighted by Gasteiger charge is -2.14. The van der Waals surface area contributed by atoms with Crippen molar-refractivity contribution in [3.63, 3.8) is 0 Å². The summed E-state index contributed by atoms with van der Waals surface area (Å²) in [5.74, 6) is 1.10. The van der Waals surface area contributed by atoms with E-state index in [9.17, 15) is 9.59 Å². The molecule has 6 aromatic rings. The largest absolute Gasteiger partial charge is 0.496 e. The standard InChI is InChI=1S/2C19H14O3/c2*1-21-16-9-5-8-13-10-14-15(11-22-19(14)20)17(18(13)16)12-6-3-2-4-7-12/h2*2-10H,11H2,1H3. The van der Waals surface area contributed by atoms with E-state index >= 15 is 0 Å². The Hall–Kier alpha value is -5.62. The number of ether oxygens (including phenoxy) is 4. The summed E-state index contributed by atoms with van der Waals surface area (Å²) in [7, 11) is 3.33. The molecule has 8 rings (SSSR count). The highest BCUT2D eigenvalue weighted by molar-refractivity contribution is 6.10. The zero-order valence-electron chi connectivity index (χ0n) is 24.3. The summed E-state index contributed by atoms with van der Waals surface area (Å²) in [6, 6.07) is 35.7. The maximum Gasteiger partial charge on any atom is 0.338 e. The Labute approximate surface area is 254 Å². The predicted molar refractivity (Wildman–Crippen MR) is 170 cm³/mol. The van der Waals surface area contributed by atoms with E-state index in [1.807, 2.05) is 109 Å². The van der Waals surface area contributed by atoms with Gasteiger partial charge in [-0.1, -0.05) is 84.9 Å². The molecule has 0 radical (unpaired) electrons. The monoisotopic (exact) mass is 580 g/mol. The number of hydrogen-bond acceptors (Lipinski definition) is 6. The molecule has 44 heavy (non-hydrogen) atoms. The Kier molecular flexibility index (Phi) is 6.95. The number of cyclic esters (lactones) is 2. The Bertz CT molecular complexity index is 1910. The van der Waals surface area contributed by atoms with Gasteiger partial charge in [0.25, 0.3) is 0 Å². The molecule has 0 aromatic heterocycles. The van der Waals surface area contributed by atoms with Crippen LogP contribution in [0.25, 0.3) is 43.8 Å². The van der Waals surface area contributed by atoms with Crippen LogP contribution in [-0.4, -0.2) is 26.2 Å². The van der Waals surface area contributed by atoms with Crippen LogP contribution in [0.1, 0.15) is 31.8 Å². The van der Waals surface area contributed by atoms with Gasteiger partial charge < -0.3 is 18.9 Å². The molecule has 0 N–H and O–H groups in total. The molecule has 0 amide bonds. The quantitative estimate of drug-likeness (QED) is 0.195. The van der Waals surface area contributed by atoms with E-state index in [2.05, 4.69) is 0 Å². The van der Waals surface area contributed by atoms with Crippen molar-refractivity contribution in [1.82, 2.24) is 0 Å². The van der Waals surface area contributed by atoms with Crippen LogP contribution in [0.15, 0.2) is 109 Å². The number of fused-ring (bicyclic) bond motifs is 4. The lowest BCUT2D eigenvalue weighted by Crippen LogP contribution is -1.97. The summed E-state index contributed by atoms with van der Waals surface area (Å²) >= 11 is 0. The predicted octanol–water partition coefficient (Wildman–Crippen LogP) is 8.37. The summed E-state index contributed by atoms with van der Waals surface area (Å²) in [6.45, 7) is 0.624. The zero-order valence-corrected chi connectivity index (χ0v) is 24.3. The minimum absolute atomic E-state index is 0.253. The smallest absolute Gasteiger partial charge is 0.338 e. The van der Waals surface area contributed by atoms with Gasteiger partial charge in [0.2, 0.25) is 0 Å². The Morgan fingerprint density at radius 2 is 0.932 bits per heavy atom. The van der Waals surface area contributed by atoms with E-state index in [-0.39, 0.29) is 11.9 Å². The van der Waals surface area contributed by atoms with Crippen molar-refractivity contribution in [3.8, 4) is 33.8 Å². The third-order valence-electron chi connectivity index (χ3n) is 8.17. The molecule has 0 saturated heterocycles. The van der Waals surface area contributed by atoms with Gasteiger partial charge in [0.15, 0.2) is 0 Å². The number of benzene rings is 6. The van der Waals surface area contributed by atoms with Crippen LogP contribution in [0.2, 0.25) is 0 Å². The first-order chi connectivity index (χ1) is 21.6. The molecule has 6 heteroatoms. The van der Waals surface area contributed by atoms with Crippen molar-refractivity contribution in [3.05, 3.63) is 131 Å². The van der Waals surface area contributed by atoms with Crippen LogP contribution in [0, 0.1) is 0 Å². The van der Waals surface area contributed by atoms with Crippen molar-refractivity contribution in [2.75, 3.05) is 14.2 Å². The number of carbonyl (C=O) groups excluding carboxylic acids is 2. The molecule has 0 bridgehead atoms. The van der Waals surface area contributed by atoms with Gasteiger partial charge in [-0.05, 0) is 46.2 Å². The van der Waals surface area contributed by atoms with Gasteiger partial charge in [-0.2, -0.15) is 0 Å². The molecule has 0 aliphatic carbocycles. The highest BCUT2D eigenvalue weighted by Crippen LogP contribution is 2.43. The first kappa shape index (κ1) is 27.2. The van der Waals surface area contributed by atoms with Gasteiger partial charge in [-0.3, -0.25) is 0 Å². The van der Waals surface area contributed by atoms with Gasteiger partial charge in [-0.15, -0.1) is 0 Å². The highest BCUT2D eigenvalue weighted by atomic mass is 16.5. The third kappa shape index (κ3) is 4.52. The number of methoxy groups -OCH3 is 2. The third-order valence-corrected chi connectivity index (χ3v) is 8.17. The van der Waals surface area contributed by atoms with Crippen molar-refractivity contribution in [2.45, 2.75) is 13.2 Å². The molecule has 6 nitrogen and oxygen atoms in total. The summed E-state index contributed by atoms with van der Waals surface area (Å²) in [6.07, 6.45) is 0. The van der Waals surface area contributed by atoms with Crippen molar-refractivity contribution in [2.24, 2.45) is 0 Å². The molecule has 2 aliphatic rings. The molecule has 6 aromatic carbocycles. The van der Waals surface area contributed by atoms with Gasteiger partial charge in [0, 0.05) is 33.0 Å². The second kappa shape index (κ2) is 11.2. The van der Waals surface area contributed by atoms with Crippen LogP contribution in [0.3, 0.4) is 0 Å². The number of rotatable bonds is 4. The molecule has 0 saturated carbocycles. The molecular formula is C38H28O6. The number of esters is 2. The molecule has 0 fully saturated rings. The molecule has 0 spiro atoms. The average Bonchev–Trinajstić information content (AvgIpc) is 3.64. The summed E-state index contributed by atoms with van der Waals surface area (Å²) < 4.78 is 21.6. The van der Waals surface area contributed by atoms with Crippen LogP contribution < -0.4 is 9.47 Å². The number of hydrogen-bond donors (Lipinski definition) is 0. The molecule has 2 aliphatic heterocycles. The summed E-state index contributed by atoms with van der Waals surface area (Å²) in [4.78, 5) is 24.0. The first-order valence-corrected chi connectivity index (χ1v) is 14.3. The Morgan fingerprint density at radius 3 is 1.32 bits per heavy atom. The highest BCUT2D eigenvalue weighted by Gasteiger charge is 2.29. The van der Waals surface area contributed by atoms with Crippen molar-refractivity contribution < 1.29 is 28.5 Å². The van der Waals surface area contributed by atoms with Gasteiger partial charge in [-0.25, -0.2) is 9.59 Å². The van der Waals surface area contributed by atoms with E-state index in [1.165, 1.54) is 0 Å². The lowest BCUT2D eigenvalue weighted by atomic mass is 9.90. The van der Waals surface area contributed by atoms with Crippen LogP contribution >= 0.6 is 0 Å². The second-order valence-electron chi connectivity index (χ2n) is 10.6. The van der Waals surface area contributed by atoms with Crippen molar-refractivity contribution >= 4 is 33.5 Å². The van der Waals surface area contributed by atoms with Crippen molar-refractivity contribution in [1.29, 1.82) is 0 Å². The van der Waals surface area contributed by atoms with E-state index in [0.717, 1.165) is 66.4 Å².